The zero-order valence-electron chi connectivity index (χ0n) is 11.1. The van der Waals surface area contributed by atoms with Crippen LogP contribution in [0.2, 0.25) is 0 Å². The van der Waals surface area contributed by atoms with Crippen molar-refractivity contribution in [3.05, 3.63) is 0 Å². The first-order chi connectivity index (χ1) is 8.49. The Balaban J connectivity index is 2.12. The van der Waals surface area contributed by atoms with Crippen LogP contribution in [0.4, 0.5) is 8.78 Å². The maximum atomic E-state index is 11.8. The fourth-order valence-electron chi connectivity index (χ4n) is 2.32. The lowest BCUT2D eigenvalue weighted by atomic mass is 9.79. The van der Waals surface area contributed by atoms with Crippen LogP contribution in [0.3, 0.4) is 0 Å². The summed E-state index contributed by atoms with van der Waals surface area (Å²) in [6.45, 7) is 3.91. The summed E-state index contributed by atoms with van der Waals surface area (Å²) < 4.78 is 28.3. The van der Waals surface area contributed by atoms with Gasteiger partial charge >= 0.3 is 0 Å². The molecule has 3 atom stereocenters. The Morgan fingerprint density at radius 3 is 2.67 bits per heavy atom. The SMILES string of the molecule is C[C@@H]1CC[C@H](NC(=O)CCOCC(F)F)C[C@@H]1C. The molecule has 0 aromatic rings. The van der Waals surface area contributed by atoms with Crippen molar-refractivity contribution in [3.8, 4) is 0 Å². The van der Waals surface area contributed by atoms with Gasteiger partial charge in [0, 0.05) is 12.5 Å². The minimum atomic E-state index is -2.46. The smallest absolute Gasteiger partial charge is 0.261 e. The third kappa shape index (κ3) is 5.76. The minimum absolute atomic E-state index is 0.0643. The Morgan fingerprint density at radius 2 is 2.06 bits per heavy atom. The average molecular weight is 263 g/mol. The van der Waals surface area contributed by atoms with Crippen LogP contribution in [-0.2, 0) is 9.53 Å². The molecule has 1 fully saturated rings. The molecule has 0 aromatic carbocycles. The minimum Gasteiger partial charge on any atom is -0.375 e. The van der Waals surface area contributed by atoms with Gasteiger partial charge in [0.2, 0.25) is 5.91 Å². The molecule has 0 spiro atoms. The summed E-state index contributed by atoms with van der Waals surface area (Å²) in [7, 11) is 0. The van der Waals surface area contributed by atoms with Gasteiger partial charge in [0.15, 0.2) is 0 Å². The molecule has 0 radical (unpaired) electrons. The van der Waals surface area contributed by atoms with Crippen LogP contribution in [-0.4, -0.2) is 31.6 Å². The molecule has 18 heavy (non-hydrogen) atoms. The number of halogens is 2. The predicted octanol–water partition coefficient (Wildman–Crippen LogP) is 2.60. The van der Waals surface area contributed by atoms with E-state index in [1.54, 1.807) is 0 Å². The Hall–Kier alpha value is -0.710. The topological polar surface area (TPSA) is 38.3 Å². The molecule has 1 rings (SSSR count). The van der Waals surface area contributed by atoms with Gasteiger partial charge in [-0.25, -0.2) is 8.78 Å². The fourth-order valence-corrected chi connectivity index (χ4v) is 2.32. The highest BCUT2D eigenvalue weighted by Gasteiger charge is 2.25. The van der Waals surface area contributed by atoms with E-state index in [0.29, 0.717) is 11.8 Å². The van der Waals surface area contributed by atoms with Crippen LogP contribution in [0.25, 0.3) is 0 Å². The van der Waals surface area contributed by atoms with E-state index in [2.05, 4.69) is 23.9 Å². The van der Waals surface area contributed by atoms with E-state index in [-0.39, 0.29) is 25.0 Å². The predicted molar refractivity (Wildman–Crippen MR) is 65.5 cm³/mol. The van der Waals surface area contributed by atoms with Gasteiger partial charge in [0.05, 0.1) is 6.61 Å². The molecule has 106 valence electrons. The third-order valence-electron chi connectivity index (χ3n) is 3.68. The molecule has 0 aliphatic heterocycles. The normalized spacial score (nSPS) is 28.4. The molecule has 0 bridgehead atoms. The number of alkyl halides is 2. The number of carbonyl (C=O) groups excluding carboxylic acids is 1. The van der Waals surface area contributed by atoms with Crippen LogP contribution in [0, 0.1) is 11.8 Å². The first-order valence-electron chi connectivity index (χ1n) is 6.64. The molecule has 0 saturated heterocycles. The fraction of sp³-hybridized carbons (Fsp3) is 0.923. The van der Waals surface area contributed by atoms with Crippen molar-refractivity contribution in [1.82, 2.24) is 5.32 Å². The quantitative estimate of drug-likeness (QED) is 0.748. The van der Waals surface area contributed by atoms with Crippen LogP contribution in [0.5, 0.6) is 0 Å². The summed E-state index contributed by atoms with van der Waals surface area (Å²) in [6.07, 6.45) is 0.843. The molecule has 1 amide bonds. The first-order valence-corrected chi connectivity index (χ1v) is 6.64. The molecule has 3 nitrogen and oxygen atoms in total. The van der Waals surface area contributed by atoms with E-state index in [9.17, 15) is 13.6 Å². The van der Waals surface area contributed by atoms with Gasteiger partial charge < -0.3 is 10.1 Å². The number of ether oxygens (including phenoxy) is 1. The second-order valence-electron chi connectivity index (χ2n) is 5.25. The molecule has 1 aliphatic rings. The molecule has 1 N–H and O–H groups in total. The number of hydrogen-bond donors (Lipinski definition) is 1. The molecular formula is C13H23F2NO2. The highest BCUT2D eigenvalue weighted by molar-refractivity contribution is 5.76. The second-order valence-corrected chi connectivity index (χ2v) is 5.25. The maximum Gasteiger partial charge on any atom is 0.261 e. The van der Waals surface area contributed by atoms with Crippen molar-refractivity contribution < 1.29 is 18.3 Å². The molecule has 0 aromatic heterocycles. The second kappa shape index (κ2) is 7.67. The number of carbonyl (C=O) groups is 1. The van der Waals surface area contributed by atoms with E-state index in [1.165, 1.54) is 0 Å². The summed E-state index contributed by atoms with van der Waals surface area (Å²) >= 11 is 0. The lowest BCUT2D eigenvalue weighted by molar-refractivity contribution is -0.123. The van der Waals surface area contributed by atoms with E-state index >= 15 is 0 Å². The van der Waals surface area contributed by atoms with Crippen LogP contribution in [0.1, 0.15) is 39.5 Å². The Bertz CT molecular complexity index is 261. The monoisotopic (exact) mass is 263 g/mol. The Morgan fingerprint density at radius 1 is 1.33 bits per heavy atom. The Labute approximate surface area is 107 Å². The van der Waals surface area contributed by atoms with Gasteiger partial charge in [-0.05, 0) is 31.1 Å². The van der Waals surface area contributed by atoms with E-state index in [1.807, 2.05) is 0 Å². The maximum absolute atomic E-state index is 11.8. The van der Waals surface area contributed by atoms with Crippen molar-refractivity contribution in [2.45, 2.75) is 52.0 Å². The number of amides is 1. The summed E-state index contributed by atoms with van der Waals surface area (Å²) in [4.78, 5) is 11.6. The highest BCUT2D eigenvalue weighted by atomic mass is 19.3. The van der Waals surface area contributed by atoms with Crippen molar-refractivity contribution >= 4 is 5.91 Å². The van der Waals surface area contributed by atoms with Crippen molar-refractivity contribution in [2.24, 2.45) is 11.8 Å². The average Bonchev–Trinajstić information content (AvgIpc) is 2.29. The largest absolute Gasteiger partial charge is 0.375 e. The lowest BCUT2D eigenvalue weighted by Gasteiger charge is -2.32. The first kappa shape index (κ1) is 15.3. The van der Waals surface area contributed by atoms with Gasteiger partial charge in [-0.2, -0.15) is 0 Å². The van der Waals surface area contributed by atoms with Gasteiger partial charge in [-0.3, -0.25) is 4.79 Å². The lowest BCUT2D eigenvalue weighted by Crippen LogP contribution is -2.40. The van der Waals surface area contributed by atoms with Gasteiger partial charge in [-0.1, -0.05) is 13.8 Å². The van der Waals surface area contributed by atoms with Gasteiger partial charge in [-0.15, -0.1) is 0 Å². The van der Waals surface area contributed by atoms with Crippen molar-refractivity contribution in [1.29, 1.82) is 0 Å². The molecular weight excluding hydrogens is 240 g/mol. The molecule has 1 aliphatic carbocycles. The molecule has 5 heteroatoms. The van der Waals surface area contributed by atoms with E-state index in [4.69, 9.17) is 0 Å². The zero-order valence-corrected chi connectivity index (χ0v) is 11.1. The summed E-state index contributed by atoms with van der Waals surface area (Å²) in [5, 5.41) is 2.95. The molecule has 0 heterocycles. The highest BCUT2D eigenvalue weighted by Crippen LogP contribution is 2.29. The van der Waals surface area contributed by atoms with E-state index < -0.39 is 13.0 Å². The van der Waals surface area contributed by atoms with Crippen molar-refractivity contribution in [2.75, 3.05) is 13.2 Å². The zero-order chi connectivity index (χ0) is 13.5. The molecule has 1 saturated carbocycles. The Kier molecular flexibility index (Phi) is 6.54. The molecule has 0 unspecified atom stereocenters. The number of hydrogen-bond acceptors (Lipinski definition) is 2. The number of nitrogens with one attached hydrogen (secondary N) is 1. The van der Waals surface area contributed by atoms with E-state index in [0.717, 1.165) is 19.3 Å². The number of rotatable bonds is 6. The summed E-state index contributed by atoms with van der Waals surface area (Å²) in [5.74, 6) is 1.24. The van der Waals surface area contributed by atoms with Gasteiger partial charge in [0.1, 0.15) is 6.61 Å². The summed E-state index contributed by atoms with van der Waals surface area (Å²) in [6, 6.07) is 0.235. The van der Waals surface area contributed by atoms with Crippen LogP contribution < -0.4 is 5.32 Å². The van der Waals surface area contributed by atoms with Crippen molar-refractivity contribution in [3.63, 3.8) is 0 Å². The third-order valence-corrected chi connectivity index (χ3v) is 3.68. The van der Waals surface area contributed by atoms with Crippen LogP contribution in [0.15, 0.2) is 0 Å². The summed E-state index contributed by atoms with van der Waals surface area (Å²) in [5.41, 5.74) is 0. The standard InChI is InChI=1S/C13H23F2NO2/c1-9-3-4-11(7-10(9)2)16-13(17)5-6-18-8-12(14)15/h9-12H,3-8H2,1-2H3,(H,16,17)/t9-,10+,11+/m1/s1. The van der Waals surface area contributed by atoms with Crippen LogP contribution >= 0.6 is 0 Å². The van der Waals surface area contributed by atoms with Gasteiger partial charge in [0.25, 0.3) is 6.43 Å².